The fourth-order valence-corrected chi connectivity index (χ4v) is 3.93. The molecular formula is C23H26N2O6. The molecular weight excluding hydrogens is 400 g/mol. The third-order valence-corrected chi connectivity index (χ3v) is 5.29. The first-order valence-corrected chi connectivity index (χ1v) is 9.65. The van der Waals surface area contributed by atoms with Crippen molar-refractivity contribution in [1.29, 1.82) is 0 Å². The first-order chi connectivity index (χ1) is 16.0. The molecule has 1 aliphatic carbocycles. The Morgan fingerprint density at radius 2 is 1.90 bits per heavy atom. The van der Waals surface area contributed by atoms with Crippen molar-refractivity contribution in [2.45, 2.75) is 25.8 Å². The molecule has 0 fully saturated rings. The van der Waals surface area contributed by atoms with Crippen LogP contribution in [0.5, 0.6) is 17.2 Å². The van der Waals surface area contributed by atoms with Crippen LogP contribution >= 0.6 is 0 Å². The zero-order valence-electron chi connectivity index (χ0n) is 20.8. The Hall–Kier alpha value is -3.55. The Bertz CT molecular complexity index is 1200. The summed E-state index contributed by atoms with van der Waals surface area (Å²) < 4.78 is 39.0. The maximum atomic E-state index is 12.9. The summed E-state index contributed by atoms with van der Waals surface area (Å²) in [5.41, 5.74) is 1.59. The largest absolute Gasteiger partial charge is 0.493 e. The number of nitrogens with one attached hydrogen (secondary N) is 2. The number of carbonyl (C=O) groups is 2. The molecule has 0 aromatic heterocycles. The molecule has 3 rings (SSSR count). The summed E-state index contributed by atoms with van der Waals surface area (Å²) in [4.78, 5) is 37.2. The molecule has 2 N–H and O–H groups in total. The quantitative estimate of drug-likeness (QED) is 0.756. The van der Waals surface area contributed by atoms with Crippen LogP contribution in [0.15, 0.2) is 29.1 Å². The second-order valence-corrected chi connectivity index (χ2v) is 7.07. The van der Waals surface area contributed by atoms with Gasteiger partial charge in [-0.15, -0.1) is 0 Å². The molecule has 2 amide bonds. The fourth-order valence-electron chi connectivity index (χ4n) is 3.93. The number of hydrogen-bond donors (Lipinski definition) is 2. The number of rotatable bonds is 5. The number of fused-ring (bicyclic) bond motifs is 3. The number of methoxy groups -OCH3 is 3. The van der Waals surface area contributed by atoms with Crippen LogP contribution in [0.2, 0.25) is 0 Å². The normalized spacial score (nSPS) is 16.3. The number of aryl methyl sites for hydroxylation is 1. The zero-order valence-corrected chi connectivity index (χ0v) is 17.8. The molecule has 1 atom stereocenters. The number of hydrogen-bond acceptors (Lipinski definition) is 6. The van der Waals surface area contributed by atoms with Crippen molar-refractivity contribution in [3.8, 4) is 28.4 Å². The average Bonchev–Trinajstić information content (AvgIpc) is 3.01. The molecule has 0 unspecified atom stereocenters. The molecule has 8 heteroatoms. The SMILES string of the molecule is [2H]C([2H])([2H])Oc1c(OC)cc2c(c1OC)-c1ccc(C(=O)NC)c(=O)cc1[C@@H](NC(C)=O)CC2. The van der Waals surface area contributed by atoms with Gasteiger partial charge >= 0.3 is 0 Å². The van der Waals surface area contributed by atoms with Gasteiger partial charge in [0, 0.05) is 19.5 Å². The standard InChI is InChI=1S/C23H26N2O6/c1-12(26)25-17-9-6-13-10-19(29-3)21(30-4)22(31-5)20(13)14-7-8-15(23(28)24-2)18(27)11-16(14)17/h7-8,10-11,17H,6,9H2,1-5H3,(H,24,28)(H,25,26)/t17-/m0/s1/i4D3. The Balaban J connectivity index is 2.43. The van der Waals surface area contributed by atoms with Crippen molar-refractivity contribution in [3.63, 3.8) is 0 Å². The van der Waals surface area contributed by atoms with Gasteiger partial charge in [-0.05, 0) is 47.7 Å². The number of benzene rings is 1. The minimum atomic E-state index is -2.78. The Kier molecular flexibility index (Phi) is 5.34. The van der Waals surface area contributed by atoms with Crippen LogP contribution in [0, 0.1) is 0 Å². The number of carbonyl (C=O) groups excluding carboxylic acids is 2. The van der Waals surface area contributed by atoms with Crippen LogP contribution in [0.4, 0.5) is 0 Å². The van der Waals surface area contributed by atoms with Crippen molar-refractivity contribution < 1.29 is 27.9 Å². The van der Waals surface area contributed by atoms with Crippen molar-refractivity contribution in [1.82, 2.24) is 10.6 Å². The van der Waals surface area contributed by atoms with Crippen LogP contribution in [0.3, 0.4) is 0 Å². The Labute approximate surface area is 184 Å². The highest BCUT2D eigenvalue weighted by atomic mass is 16.5. The molecule has 0 heterocycles. The topological polar surface area (TPSA) is 103 Å². The summed E-state index contributed by atoms with van der Waals surface area (Å²) in [7, 11) is 1.40. The second kappa shape index (κ2) is 9.07. The third kappa shape index (κ3) is 4.05. The van der Waals surface area contributed by atoms with Gasteiger partial charge in [0.25, 0.3) is 5.91 Å². The fraction of sp³-hybridized carbons (Fsp3) is 0.348. The lowest BCUT2D eigenvalue weighted by molar-refractivity contribution is -0.119. The molecule has 0 spiro atoms. The summed E-state index contributed by atoms with van der Waals surface area (Å²) in [6, 6.07) is 5.43. The molecule has 2 aromatic rings. The van der Waals surface area contributed by atoms with Crippen LogP contribution in [-0.4, -0.2) is 40.1 Å². The van der Waals surface area contributed by atoms with Crippen molar-refractivity contribution >= 4 is 11.8 Å². The molecule has 8 nitrogen and oxygen atoms in total. The van der Waals surface area contributed by atoms with E-state index in [9.17, 15) is 14.4 Å². The van der Waals surface area contributed by atoms with Crippen molar-refractivity contribution in [2.75, 3.05) is 28.3 Å². The van der Waals surface area contributed by atoms with E-state index in [1.54, 1.807) is 12.1 Å². The molecule has 31 heavy (non-hydrogen) atoms. The lowest BCUT2D eigenvalue weighted by Crippen LogP contribution is -2.27. The molecule has 164 valence electrons. The van der Waals surface area contributed by atoms with E-state index in [4.69, 9.17) is 18.3 Å². The van der Waals surface area contributed by atoms with Crippen LogP contribution in [0.1, 0.15) is 45.0 Å². The highest BCUT2D eigenvalue weighted by Gasteiger charge is 2.29. The zero-order chi connectivity index (χ0) is 25.2. The smallest absolute Gasteiger partial charge is 0.254 e. The van der Waals surface area contributed by atoms with Gasteiger partial charge in [-0.3, -0.25) is 14.4 Å². The van der Waals surface area contributed by atoms with E-state index in [2.05, 4.69) is 10.6 Å². The molecule has 2 aromatic carbocycles. The predicted molar refractivity (Wildman–Crippen MR) is 116 cm³/mol. The summed E-state index contributed by atoms with van der Waals surface area (Å²) in [5.74, 6) is -0.687. The number of ether oxygens (including phenoxy) is 3. The Morgan fingerprint density at radius 3 is 2.52 bits per heavy atom. The lowest BCUT2D eigenvalue weighted by atomic mass is 9.95. The van der Waals surface area contributed by atoms with E-state index in [0.717, 1.165) is 5.56 Å². The predicted octanol–water partition coefficient (Wildman–Crippen LogP) is 2.22. The molecule has 0 saturated heterocycles. The summed E-state index contributed by atoms with van der Waals surface area (Å²) >= 11 is 0. The van der Waals surface area contributed by atoms with Crippen LogP contribution in [-0.2, 0) is 11.2 Å². The number of amides is 2. The van der Waals surface area contributed by atoms with Crippen molar-refractivity contribution in [2.24, 2.45) is 0 Å². The maximum absolute atomic E-state index is 12.9. The van der Waals surface area contributed by atoms with E-state index in [1.807, 2.05) is 0 Å². The van der Waals surface area contributed by atoms with Crippen molar-refractivity contribution in [3.05, 3.63) is 51.2 Å². The first kappa shape index (κ1) is 18.2. The summed E-state index contributed by atoms with van der Waals surface area (Å²) in [6.45, 7) is 1.38. The van der Waals surface area contributed by atoms with E-state index < -0.39 is 24.4 Å². The van der Waals surface area contributed by atoms with Gasteiger partial charge in [0.2, 0.25) is 11.7 Å². The minimum Gasteiger partial charge on any atom is -0.493 e. The maximum Gasteiger partial charge on any atom is 0.254 e. The van der Waals surface area contributed by atoms with Gasteiger partial charge in [-0.1, -0.05) is 6.07 Å². The minimum absolute atomic E-state index is 0.0786. The van der Waals surface area contributed by atoms with Gasteiger partial charge in [0.1, 0.15) is 0 Å². The van der Waals surface area contributed by atoms with E-state index in [0.29, 0.717) is 29.5 Å². The van der Waals surface area contributed by atoms with Gasteiger partial charge in [-0.2, -0.15) is 0 Å². The summed E-state index contributed by atoms with van der Waals surface area (Å²) in [5, 5.41) is 5.31. The lowest BCUT2D eigenvalue weighted by Gasteiger charge is -2.19. The van der Waals surface area contributed by atoms with E-state index >= 15 is 0 Å². The molecule has 0 bridgehead atoms. The van der Waals surface area contributed by atoms with E-state index in [1.165, 1.54) is 40.3 Å². The third-order valence-electron chi connectivity index (χ3n) is 5.29. The van der Waals surface area contributed by atoms with Crippen LogP contribution < -0.4 is 30.3 Å². The van der Waals surface area contributed by atoms with Crippen LogP contribution in [0.25, 0.3) is 11.1 Å². The average molecular weight is 429 g/mol. The Morgan fingerprint density at radius 1 is 1.13 bits per heavy atom. The first-order valence-electron chi connectivity index (χ1n) is 11.1. The van der Waals surface area contributed by atoms with E-state index in [-0.39, 0.29) is 28.7 Å². The molecule has 0 radical (unpaired) electrons. The van der Waals surface area contributed by atoms with Gasteiger partial charge in [0.15, 0.2) is 16.9 Å². The second-order valence-electron chi connectivity index (χ2n) is 7.07. The van der Waals surface area contributed by atoms with Gasteiger partial charge in [-0.25, -0.2) is 0 Å². The highest BCUT2D eigenvalue weighted by molar-refractivity contribution is 5.94. The highest BCUT2D eigenvalue weighted by Crippen LogP contribution is 2.50. The molecule has 0 saturated carbocycles. The molecule has 0 aliphatic heterocycles. The van der Waals surface area contributed by atoms with Gasteiger partial charge < -0.3 is 24.8 Å². The van der Waals surface area contributed by atoms with Gasteiger partial charge in [0.05, 0.1) is 37.0 Å². The summed E-state index contributed by atoms with van der Waals surface area (Å²) in [6.07, 6.45) is 0.889. The molecule has 1 aliphatic rings. The monoisotopic (exact) mass is 429 g/mol.